The van der Waals surface area contributed by atoms with E-state index in [9.17, 15) is 9.90 Å². The summed E-state index contributed by atoms with van der Waals surface area (Å²) >= 11 is 0. The number of benzene rings is 1. The summed E-state index contributed by atoms with van der Waals surface area (Å²) < 4.78 is 29.5. The molecule has 3 aliphatic heterocycles. The molecule has 0 saturated carbocycles. The van der Waals surface area contributed by atoms with Gasteiger partial charge < -0.3 is 34.1 Å². The number of hydrogen-bond acceptors (Lipinski definition) is 7. The maximum atomic E-state index is 12.8. The molecular weight excluding hydrogens is 342 g/mol. The van der Waals surface area contributed by atoms with Crippen molar-refractivity contribution in [2.24, 2.45) is 0 Å². The van der Waals surface area contributed by atoms with E-state index in [-0.39, 0.29) is 5.75 Å². The van der Waals surface area contributed by atoms with Crippen molar-refractivity contribution in [3.05, 3.63) is 24.3 Å². The molecule has 0 aliphatic carbocycles. The van der Waals surface area contributed by atoms with Gasteiger partial charge in [-0.2, -0.15) is 0 Å². The summed E-state index contributed by atoms with van der Waals surface area (Å²) in [4.78, 5) is 12.8. The molecule has 3 heterocycles. The van der Waals surface area contributed by atoms with E-state index in [0.717, 1.165) is 0 Å². The zero-order chi connectivity index (χ0) is 18.7. The van der Waals surface area contributed by atoms with E-state index in [1.807, 2.05) is 0 Å². The number of carbonyl (C=O) groups is 1. The van der Waals surface area contributed by atoms with E-state index in [1.54, 1.807) is 45.9 Å². The van der Waals surface area contributed by atoms with E-state index >= 15 is 0 Å². The lowest BCUT2D eigenvalue weighted by Gasteiger charge is -2.36. The summed E-state index contributed by atoms with van der Waals surface area (Å²) in [5, 5.41) is 12.6. The molecule has 1 amide bonds. The number of aromatic hydroxyl groups is 1. The molecule has 26 heavy (non-hydrogen) atoms. The Morgan fingerprint density at radius 3 is 2.31 bits per heavy atom. The first-order valence-corrected chi connectivity index (χ1v) is 8.61. The maximum Gasteiger partial charge on any atom is 0.256 e. The van der Waals surface area contributed by atoms with Crippen molar-refractivity contribution < 1.29 is 33.6 Å². The van der Waals surface area contributed by atoms with Crippen molar-refractivity contribution in [3.8, 4) is 5.75 Å². The SMILES string of the molecule is CC1(C)O[C@@H]2O[C@H](C(=O)Nc3ccccc3O)[C@@H]3OC(C)(C)O[C@H]3[C@@H]2O1. The highest BCUT2D eigenvalue weighted by Gasteiger charge is 2.62. The van der Waals surface area contributed by atoms with Gasteiger partial charge in [0.25, 0.3) is 5.91 Å². The molecule has 0 aromatic heterocycles. The summed E-state index contributed by atoms with van der Waals surface area (Å²) in [7, 11) is 0. The van der Waals surface area contributed by atoms with Crippen LogP contribution in [0.25, 0.3) is 0 Å². The van der Waals surface area contributed by atoms with E-state index in [4.69, 9.17) is 23.7 Å². The van der Waals surface area contributed by atoms with E-state index < -0.39 is 48.2 Å². The molecule has 8 heteroatoms. The van der Waals surface area contributed by atoms with Gasteiger partial charge in [0.1, 0.15) is 24.1 Å². The Hall–Kier alpha value is -1.71. The van der Waals surface area contributed by atoms with Gasteiger partial charge in [0.15, 0.2) is 24.0 Å². The third-order valence-electron chi connectivity index (χ3n) is 4.57. The summed E-state index contributed by atoms with van der Waals surface area (Å²) in [6.07, 6.45) is -3.38. The smallest absolute Gasteiger partial charge is 0.256 e. The summed E-state index contributed by atoms with van der Waals surface area (Å²) in [6, 6.07) is 6.48. The fourth-order valence-corrected chi connectivity index (χ4v) is 3.61. The lowest BCUT2D eigenvalue weighted by atomic mass is 9.98. The van der Waals surface area contributed by atoms with Crippen LogP contribution in [0.15, 0.2) is 24.3 Å². The minimum atomic E-state index is -0.972. The van der Waals surface area contributed by atoms with Gasteiger partial charge in [0.2, 0.25) is 0 Å². The third kappa shape index (κ3) is 3.08. The number of anilines is 1. The number of ether oxygens (including phenoxy) is 5. The second-order valence-corrected chi connectivity index (χ2v) is 7.60. The van der Waals surface area contributed by atoms with Crippen LogP contribution >= 0.6 is 0 Å². The Bertz CT molecular complexity index is 719. The van der Waals surface area contributed by atoms with Gasteiger partial charge >= 0.3 is 0 Å². The lowest BCUT2D eigenvalue weighted by Crippen LogP contribution is -2.58. The maximum absolute atomic E-state index is 12.8. The van der Waals surface area contributed by atoms with Crippen LogP contribution in [0.3, 0.4) is 0 Å². The predicted molar refractivity (Wildman–Crippen MR) is 89.3 cm³/mol. The molecule has 1 aromatic carbocycles. The van der Waals surface area contributed by atoms with Gasteiger partial charge in [-0.05, 0) is 39.8 Å². The molecule has 8 nitrogen and oxygen atoms in total. The Morgan fingerprint density at radius 2 is 1.58 bits per heavy atom. The number of amides is 1. The number of fused-ring (bicyclic) bond motifs is 3. The first kappa shape index (κ1) is 17.7. The van der Waals surface area contributed by atoms with Crippen molar-refractivity contribution in [2.75, 3.05) is 5.32 Å². The van der Waals surface area contributed by atoms with Crippen molar-refractivity contribution in [1.29, 1.82) is 0 Å². The number of phenols is 1. The normalized spacial score (nSPS) is 37.0. The van der Waals surface area contributed by atoms with Crippen LogP contribution in [0.1, 0.15) is 27.7 Å². The molecule has 0 spiro atoms. The van der Waals surface area contributed by atoms with E-state index in [1.165, 1.54) is 6.07 Å². The van der Waals surface area contributed by atoms with Crippen molar-refractivity contribution in [2.45, 2.75) is 70.0 Å². The molecule has 142 valence electrons. The molecule has 3 saturated heterocycles. The van der Waals surface area contributed by atoms with Gasteiger partial charge in [0, 0.05) is 0 Å². The fourth-order valence-electron chi connectivity index (χ4n) is 3.61. The highest BCUT2D eigenvalue weighted by molar-refractivity contribution is 5.96. The molecule has 0 radical (unpaired) electrons. The third-order valence-corrected chi connectivity index (χ3v) is 4.57. The van der Waals surface area contributed by atoms with Gasteiger partial charge in [-0.1, -0.05) is 12.1 Å². The number of hydrogen-bond donors (Lipinski definition) is 2. The van der Waals surface area contributed by atoms with E-state index in [2.05, 4.69) is 5.32 Å². The van der Waals surface area contributed by atoms with Crippen LogP contribution < -0.4 is 5.32 Å². The van der Waals surface area contributed by atoms with Gasteiger partial charge in [0.05, 0.1) is 5.69 Å². The van der Waals surface area contributed by atoms with Gasteiger partial charge in [-0.3, -0.25) is 4.79 Å². The molecule has 0 bridgehead atoms. The van der Waals surface area contributed by atoms with Gasteiger partial charge in [-0.15, -0.1) is 0 Å². The minimum absolute atomic E-state index is 0.0309. The van der Waals surface area contributed by atoms with Crippen molar-refractivity contribution in [1.82, 2.24) is 0 Å². The molecule has 4 rings (SSSR count). The number of rotatable bonds is 2. The van der Waals surface area contributed by atoms with E-state index in [0.29, 0.717) is 5.69 Å². The molecule has 5 atom stereocenters. The minimum Gasteiger partial charge on any atom is -0.506 e. The molecule has 2 N–H and O–H groups in total. The molecule has 3 fully saturated rings. The molecule has 1 aromatic rings. The Labute approximate surface area is 151 Å². The number of carbonyl (C=O) groups excluding carboxylic acids is 1. The molecule has 3 aliphatic rings. The van der Waals surface area contributed by atoms with Crippen LogP contribution in [-0.2, 0) is 28.5 Å². The first-order valence-electron chi connectivity index (χ1n) is 8.61. The standard InChI is InChI=1S/C18H23NO7/c1-17(2)23-11-12(24-17)14-16(26-18(3,4)25-14)22-13(11)15(21)19-9-7-5-6-8-10(9)20/h5-8,11-14,16,20H,1-4H3,(H,19,21)/t11-,12-,13+,14+,16+/m1/s1. The zero-order valence-corrected chi connectivity index (χ0v) is 15.1. The lowest BCUT2D eigenvalue weighted by molar-refractivity contribution is -0.229. The Balaban J connectivity index is 1.59. The molecular formula is C18H23NO7. The summed E-state index contributed by atoms with van der Waals surface area (Å²) in [5.41, 5.74) is 0.293. The number of nitrogens with one attached hydrogen (secondary N) is 1. The summed E-state index contributed by atoms with van der Waals surface area (Å²) in [5.74, 6) is -2.21. The van der Waals surface area contributed by atoms with Crippen LogP contribution in [0.2, 0.25) is 0 Å². The van der Waals surface area contributed by atoms with Crippen LogP contribution in [0, 0.1) is 0 Å². The summed E-state index contributed by atoms with van der Waals surface area (Å²) in [6.45, 7) is 7.11. The number of para-hydroxylation sites is 2. The largest absolute Gasteiger partial charge is 0.506 e. The predicted octanol–water partition coefficient (Wildman–Crippen LogP) is 1.73. The van der Waals surface area contributed by atoms with Crippen molar-refractivity contribution >= 4 is 11.6 Å². The quantitative estimate of drug-likeness (QED) is 0.771. The average molecular weight is 365 g/mol. The second kappa shape index (κ2) is 5.90. The monoisotopic (exact) mass is 365 g/mol. The van der Waals surface area contributed by atoms with Gasteiger partial charge in [-0.25, -0.2) is 0 Å². The highest BCUT2D eigenvalue weighted by atomic mass is 16.9. The van der Waals surface area contributed by atoms with Crippen LogP contribution in [0.5, 0.6) is 5.75 Å². The number of phenolic OH excluding ortho intramolecular Hbond substituents is 1. The Morgan fingerprint density at radius 1 is 0.962 bits per heavy atom. The molecule has 0 unspecified atom stereocenters. The van der Waals surface area contributed by atoms with Crippen LogP contribution in [-0.4, -0.2) is 53.3 Å². The highest BCUT2D eigenvalue weighted by Crippen LogP contribution is 2.44. The van der Waals surface area contributed by atoms with Crippen molar-refractivity contribution in [3.63, 3.8) is 0 Å². The average Bonchev–Trinajstić information content (AvgIpc) is 3.02. The Kier molecular flexibility index (Phi) is 4.01. The van der Waals surface area contributed by atoms with Crippen LogP contribution in [0.4, 0.5) is 5.69 Å². The topological polar surface area (TPSA) is 95.5 Å². The second-order valence-electron chi connectivity index (χ2n) is 7.60. The first-order chi connectivity index (χ1) is 12.2. The zero-order valence-electron chi connectivity index (χ0n) is 15.1. The fraction of sp³-hybridized carbons (Fsp3) is 0.611.